The van der Waals surface area contributed by atoms with Gasteiger partial charge in [0, 0.05) is 23.2 Å². The Bertz CT molecular complexity index is 1270. The molecule has 6 rings (SSSR count). The van der Waals surface area contributed by atoms with Gasteiger partial charge in [-0.2, -0.15) is 12.4 Å². The normalized spacial score (nSPS) is 10.3. The molecule has 5 heteroatoms. The van der Waals surface area contributed by atoms with Crippen LogP contribution in [0, 0.1) is 0 Å². The molecule has 0 aliphatic carbocycles. The second-order valence-electron chi connectivity index (χ2n) is 6.81. The summed E-state index contributed by atoms with van der Waals surface area (Å²) in [4.78, 5) is 17.4. The van der Waals surface area contributed by atoms with E-state index >= 15 is 0 Å². The van der Waals surface area contributed by atoms with Crippen molar-refractivity contribution < 1.29 is 19.5 Å². The van der Waals surface area contributed by atoms with E-state index in [-0.39, 0.29) is 19.5 Å². The number of hydrogen-bond donors (Lipinski definition) is 0. The van der Waals surface area contributed by atoms with Crippen LogP contribution in [0.15, 0.2) is 110 Å². The van der Waals surface area contributed by atoms with Crippen LogP contribution >= 0.6 is 0 Å². The molecule has 0 atom stereocenters. The molecule has 31 heavy (non-hydrogen) atoms. The maximum Gasteiger partial charge on any atom is 2.00 e. The molecule has 0 bridgehead atoms. The Kier molecular flexibility index (Phi) is 6.35. The van der Waals surface area contributed by atoms with E-state index in [9.17, 15) is 0 Å². The van der Waals surface area contributed by atoms with E-state index in [4.69, 9.17) is 0 Å². The van der Waals surface area contributed by atoms with Crippen LogP contribution in [0.25, 0.3) is 44.3 Å². The van der Waals surface area contributed by atoms with E-state index in [1.807, 2.05) is 60.9 Å². The molecule has 0 saturated carbocycles. The molecule has 0 radical (unpaired) electrons. The molecule has 0 saturated heterocycles. The van der Waals surface area contributed by atoms with Crippen LogP contribution in [0.1, 0.15) is 0 Å². The van der Waals surface area contributed by atoms with Crippen molar-refractivity contribution in [2.24, 2.45) is 0 Å². The van der Waals surface area contributed by atoms with Crippen molar-refractivity contribution in [2.75, 3.05) is 0 Å². The monoisotopic (exact) mass is 450 g/mol. The fourth-order valence-corrected chi connectivity index (χ4v) is 3.54. The van der Waals surface area contributed by atoms with E-state index in [1.165, 1.54) is 0 Å². The van der Waals surface area contributed by atoms with Gasteiger partial charge in [-0.3, -0.25) is 9.97 Å². The number of benzene rings is 2. The zero-order chi connectivity index (χ0) is 20.2. The number of rotatable bonds is 2. The third kappa shape index (κ3) is 4.32. The molecule has 0 amide bonds. The van der Waals surface area contributed by atoms with Gasteiger partial charge >= 0.3 is 19.5 Å². The molecule has 0 aliphatic rings. The van der Waals surface area contributed by atoms with Crippen LogP contribution in [0.4, 0.5) is 0 Å². The molecule has 144 valence electrons. The summed E-state index contributed by atoms with van der Waals surface area (Å²) in [5, 5.41) is 2.30. The Morgan fingerprint density at radius 1 is 0.484 bits per heavy atom. The van der Waals surface area contributed by atoms with Gasteiger partial charge in [0.05, 0.1) is 11.0 Å². The number of nitrogens with zero attached hydrogens (tertiary/aromatic N) is 4. The van der Waals surface area contributed by atoms with Crippen LogP contribution in [0.5, 0.6) is 0 Å². The summed E-state index contributed by atoms with van der Waals surface area (Å²) in [7, 11) is 0. The van der Waals surface area contributed by atoms with E-state index in [1.54, 1.807) is 12.4 Å². The van der Waals surface area contributed by atoms with Crippen LogP contribution in [-0.4, -0.2) is 9.97 Å². The number of aromatic nitrogens is 4. The van der Waals surface area contributed by atoms with E-state index < -0.39 is 0 Å². The van der Waals surface area contributed by atoms with Gasteiger partial charge in [0.25, 0.3) is 0 Å². The zero-order valence-corrected chi connectivity index (χ0v) is 19.9. The minimum atomic E-state index is 0. The second-order valence-corrected chi connectivity index (χ2v) is 6.81. The Labute approximate surface area is 193 Å². The Morgan fingerprint density at radius 2 is 0.935 bits per heavy atom. The SMILES string of the molecule is [Zn+2].c1c[n-]c(-c2cccc3cccnc23)c1.c1c[n-]c(-c2cccc3cccnc23)c1. The summed E-state index contributed by atoms with van der Waals surface area (Å²) in [5.74, 6) is 0. The topological polar surface area (TPSA) is 54.0 Å². The minimum Gasteiger partial charge on any atom is -0.664 e. The summed E-state index contributed by atoms with van der Waals surface area (Å²) in [5.41, 5.74) is 6.19. The van der Waals surface area contributed by atoms with E-state index in [0.29, 0.717) is 0 Å². The van der Waals surface area contributed by atoms with Crippen LogP contribution in [0.2, 0.25) is 0 Å². The third-order valence-electron chi connectivity index (χ3n) is 4.92. The van der Waals surface area contributed by atoms with Gasteiger partial charge in [-0.25, -0.2) is 0 Å². The average molecular weight is 452 g/mol. The number of para-hydroxylation sites is 2. The fourth-order valence-electron chi connectivity index (χ4n) is 3.54. The van der Waals surface area contributed by atoms with Crippen molar-refractivity contribution in [1.82, 2.24) is 19.9 Å². The predicted octanol–water partition coefficient (Wildman–Crippen LogP) is 5.72. The van der Waals surface area contributed by atoms with Crippen LogP contribution in [0.3, 0.4) is 0 Å². The Balaban J connectivity index is 0.000000144. The number of pyridine rings is 2. The molecule has 0 aliphatic heterocycles. The van der Waals surface area contributed by atoms with Gasteiger partial charge < -0.3 is 9.97 Å². The smallest absolute Gasteiger partial charge is 0.664 e. The minimum absolute atomic E-state index is 0. The Hall–Kier alpha value is -3.56. The maximum absolute atomic E-state index is 4.40. The first-order valence-electron chi connectivity index (χ1n) is 9.74. The Morgan fingerprint density at radius 3 is 1.35 bits per heavy atom. The first-order chi connectivity index (χ1) is 14.9. The van der Waals surface area contributed by atoms with E-state index in [0.717, 1.165) is 44.3 Å². The molecule has 0 unspecified atom stereocenters. The van der Waals surface area contributed by atoms with Gasteiger partial charge in [-0.1, -0.05) is 72.8 Å². The van der Waals surface area contributed by atoms with Gasteiger partial charge in [0.15, 0.2) is 0 Å². The molecule has 2 aromatic carbocycles. The van der Waals surface area contributed by atoms with Crippen molar-refractivity contribution in [3.63, 3.8) is 0 Å². The summed E-state index contributed by atoms with van der Waals surface area (Å²) in [6.07, 6.45) is 7.23. The van der Waals surface area contributed by atoms with Crippen molar-refractivity contribution in [1.29, 1.82) is 0 Å². The molecule has 0 fully saturated rings. The molecular formula is C26H18N4Zn. The first-order valence-corrected chi connectivity index (χ1v) is 9.74. The number of hydrogen-bond acceptors (Lipinski definition) is 2. The van der Waals surface area contributed by atoms with Crippen LogP contribution < -0.4 is 9.97 Å². The zero-order valence-electron chi connectivity index (χ0n) is 16.9. The van der Waals surface area contributed by atoms with Gasteiger partial charge in [-0.15, -0.1) is 11.4 Å². The molecular weight excluding hydrogens is 434 g/mol. The molecule has 0 N–H and O–H groups in total. The van der Waals surface area contributed by atoms with Crippen molar-refractivity contribution in [3.8, 4) is 22.5 Å². The summed E-state index contributed by atoms with van der Waals surface area (Å²) >= 11 is 0. The average Bonchev–Trinajstić information content (AvgIpc) is 3.53. The first kappa shape index (κ1) is 20.7. The third-order valence-corrected chi connectivity index (χ3v) is 4.92. The summed E-state index contributed by atoms with van der Waals surface area (Å²) in [6.45, 7) is 0. The van der Waals surface area contributed by atoms with Gasteiger partial charge in [0.1, 0.15) is 0 Å². The van der Waals surface area contributed by atoms with E-state index in [2.05, 4.69) is 56.3 Å². The quantitative estimate of drug-likeness (QED) is 0.316. The van der Waals surface area contributed by atoms with Crippen LogP contribution in [-0.2, 0) is 19.5 Å². The largest absolute Gasteiger partial charge is 2.00 e. The molecule has 6 aromatic rings. The number of fused-ring (bicyclic) bond motifs is 2. The van der Waals surface area contributed by atoms with Crippen molar-refractivity contribution >= 4 is 21.8 Å². The van der Waals surface area contributed by atoms with Crippen molar-refractivity contribution in [3.05, 3.63) is 110 Å². The predicted molar refractivity (Wildman–Crippen MR) is 121 cm³/mol. The van der Waals surface area contributed by atoms with Gasteiger partial charge in [-0.05, 0) is 23.3 Å². The summed E-state index contributed by atoms with van der Waals surface area (Å²) < 4.78 is 0. The molecule has 4 nitrogen and oxygen atoms in total. The second kappa shape index (κ2) is 9.50. The van der Waals surface area contributed by atoms with Crippen molar-refractivity contribution in [2.45, 2.75) is 0 Å². The molecule has 4 heterocycles. The summed E-state index contributed by atoms with van der Waals surface area (Å²) in [6, 6.07) is 28.2. The maximum atomic E-state index is 4.40. The fraction of sp³-hybridized carbons (Fsp3) is 0. The standard InChI is InChI=1S/2C13H9N2.Zn/c2*1-4-10-5-2-9-15-13(10)11(6-1)12-7-3-8-14-12;/h2*1-9H;/q2*-1;+2. The molecule has 4 aromatic heterocycles. The van der Waals surface area contributed by atoms with Gasteiger partial charge in [0.2, 0.25) is 0 Å². The molecule has 0 spiro atoms.